The maximum atomic E-state index is 11.2. The molecule has 0 bridgehead atoms. The maximum Gasteiger partial charge on any atom is 0.293 e. The monoisotopic (exact) mass is 232 g/mol. The van der Waals surface area contributed by atoms with E-state index in [0.29, 0.717) is 12.9 Å². The molecule has 0 aliphatic carbocycles. The Balaban J connectivity index is 2.20. The molecule has 1 N–H and O–H groups in total. The van der Waals surface area contributed by atoms with Gasteiger partial charge in [-0.05, 0) is 24.6 Å². The van der Waals surface area contributed by atoms with E-state index in [2.05, 4.69) is 10.2 Å². The minimum Gasteiger partial charge on any atom is -0.456 e. The van der Waals surface area contributed by atoms with E-state index in [4.69, 9.17) is 4.74 Å². The zero-order chi connectivity index (χ0) is 12.3. The Labute approximate surface area is 97.8 Å². The Bertz CT molecular complexity index is 547. The minimum atomic E-state index is -0.711. The van der Waals surface area contributed by atoms with Gasteiger partial charge in [-0.25, -0.2) is 0 Å². The first-order valence-corrected chi connectivity index (χ1v) is 5.22. The van der Waals surface area contributed by atoms with E-state index in [1.54, 1.807) is 6.20 Å². The number of aromatic amines is 1. The number of nitrogens with zero attached hydrogens (tertiary/aromatic N) is 1. The highest BCUT2D eigenvalue weighted by Crippen LogP contribution is 2.15. The van der Waals surface area contributed by atoms with Crippen LogP contribution in [0.15, 0.2) is 24.4 Å². The summed E-state index contributed by atoms with van der Waals surface area (Å²) in [5.74, 6) is -0.163. The quantitative estimate of drug-likeness (QED) is 0.787. The van der Waals surface area contributed by atoms with E-state index in [0.717, 1.165) is 16.5 Å². The number of aromatic nitrogens is 2. The fourth-order valence-corrected chi connectivity index (χ4v) is 1.69. The van der Waals surface area contributed by atoms with Gasteiger partial charge in [-0.3, -0.25) is 14.7 Å². The zero-order valence-electron chi connectivity index (χ0n) is 9.34. The topological polar surface area (TPSA) is 72.1 Å². The van der Waals surface area contributed by atoms with Gasteiger partial charge in [0.1, 0.15) is 0 Å². The first kappa shape index (κ1) is 11.3. The lowest BCUT2D eigenvalue weighted by molar-refractivity contribution is -0.142. The van der Waals surface area contributed by atoms with Crippen LogP contribution in [0.3, 0.4) is 0 Å². The summed E-state index contributed by atoms with van der Waals surface area (Å²) < 4.78 is 4.75. The number of fused-ring (bicyclic) bond motifs is 1. The number of ketones is 1. The molecule has 5 heteroatoms. The molecule has 0 fully saturated rings. The van der Waals surface area contributed by atoms with Gasteiger partial charge < -0.3 is 4.74 Å². The summed E-state index contributed by atoms with van der Waals surface area (Å²) in [6.07, 6.45) is 1.38. The number of nitrogens with one attached hydrogen (secondary N) is 1. The Morgan fingerprint density at radius 3 is 3.12 bits per heavy atom. The number of benzene rings is 1. The van der Waals surface area contributed by atoms with Gasteiger partial charge in [-0.2, -0.15) is 5.10 Å². The summed E-state index contributed by atoms with van der Waals surface area (Å²) in [7, 11) is 0. The molecule has 0 amide bonds. The molecule has 1 atom stereocenters. The predicted octanol–water partition coefficient (Wildman–Crippen LogP) is 1.24. The number of Topliss-reactive ketones (excluding diaryl/α,β-unsaturated/α-hetero) is 1. The van der Waals surface area contributed by atoms with Crippen LogP contribution in [0, 0.1) is 0 Å². The highest BCUT2D eigenvalue weighted by Gasteiger charge is 2.15. The van der Waals surface area contributed by atoms with Crippen molar-refractivity contribution in [3.8, 4) is 0 Å². The molecule has 0 aliphatic rings. The third-order valence-corrected chi connectivity index (χ3v) is 2.60. The maximum absolute atomic E-state index is 11.2. The molecular formula is C12H12N2O3. The van der Waals surface area contributed by atoms with Crippen molar-refractivity contribution in [1.82, 2.24) is 10.2 Å². The van der Waals surface area contributed by atoms with Crippen molar-refractivity contribution in [2.24, 2.45) is 0 Å². The average molecular weight is 232 g/mol. The van der Waals surface area contributed by atoms with Gasteiger partial charge in [0.05, 0.1) is 11.7 Å². The number of carbonyl (C=O) groups is 2. The zero-order valence-corrected chi connectivity index (χ0v) is 9.34. The molecule has 1 unspecified atom stereocenters. The number of rotatable bonds is 5. The smallest absolute Gasteiger partial charge is 0.293 e. The van der Waals surface area contributed by atoms with Crippen LogP contribution in [0.2, 0.25) is 0 Å². The minimum absolute atomic E-state index is 0.163. The van der Waals surface area contributed by atoms with Gasteiger partial charge in [0.25, 0.3) is 6.47 Å². The Morgan fingerprint density at radius 2 is 2.41 bits per heavy atom. The van der Waals surface area contributed by atoms with E-state index >= 15 is 0 Å². The largest absolute Gasteiger partial charge is 0.456 e. The molecule has 2 rings (SSSR count). The molecule has 0 spiro atoms. The van der Waals surface area contributed by atoms with Crippen LogP contribution in [0.4, 0.5) is 0 Å². The summed E-state index contributed by atoms with van der Waals surface area (Å²) in [6, 6.07) is 5.68. The first-order valence-electron chi connectivity index (χ1n) is 5.22. The predicted molar refractivity (Wildman–Crippen MR) is 61.4 cm³/mol. The van der Waals surface area contributed by atoms with Gasteiger partial charge in [0, 0.05) is 11.8 Å². The number of H-pyrrole nitrogens is 1. The molecule has 2 aromatic rings. The summed E-state index contributed by atoms with van der Waals surface area (Å²) in [4.78, 5) is 21.5. The number of hydrogen-bond donors (Lipinski definition) is 1. The molecule has 1 aromatic carbocycles. The number of ether oxygens (including phenoxy) is 1. The normalized spacial score (nSPS) is 12.3. The summed E-state index contributed by atoms with van der Waals surface area (Å²) in [6.45, 7) is 1.72. The van der Waals surface area contributed by atoms with E-state index in [9.17, 15) is 9.59 Å². The van der Waals surface area contributed by atoms with Crippen molar-refractivity contribution in [1.29, 1.82) is 0 Å². The molecule has 0 saturated carbocycles. The summed E-state index contributed by atoms with van der Waals surface area (Å²) in [5, 5.41) is 7.73. The molecule has 5 nitrogen and oxygen atoms in total. The van der Waals surface area contributed by atoms with Crippen LogP contribution in [-0.4, -0.2) is 28.6 Å². The van der Waals surface area contributed by atoms with Crippen molar-refractivity contribution in [3.05, 3.63) is 30.0 Å². The van der Waals surface area contributed by atoms with Crippen molar-refractivity contribution >= 4 is 23.2 Å². The lowest BCUT2D eigenvalue weighted by atomic mass is 10.0. The van der Waals surface area contributed by atoms with Crippen LogP contribution in [0.5, 0.6) is 0 Å². The SMILES string of the molecule is CC(=O)C(Cc1ccc2[nH]ncc2c1)OC=O. The highest BCUT2D eigenvalue weighted by molar-refractivity contribution is 5.82. The molecular weight excluding hydrogens is 220 g/mol. The lowest BCUT2D eigenvalue weighted by Crippen LogP contribution is -2.23. The molecule has 0 radical (unpaired) electrons. The molecule has 88 valence electrons. The van der Waals surface area contributed by atoms with Crippen LogP contribution < -0.4 is 0 Å². The molecule has 0 saturated heterocycles. The second-order valence-corrected chi connectivity index (χ2v) is 3.83. The van der Waals surface area contributed by atoms with E-state index in [1.807, 2.05) is 18.2 Å². The van der Waals surface area contributed by atoms with Crippen LogP contribution in [0.25, 0.3) is 10.9 Å². The molecule has 1 aromatic heterocycles. The van der Waals surface area contributed by atoms with Crippen LogP contribution >= 0.6 is 0 Å². The van der Waals surface area contributed by atoms with Crippen molar-refractivity contribution in [2.45, 2.75) is 19.4 Å². The average Bonchev–Trinajstić information content (AvgIpc) is 2.75. The van der Waals surface area contributed by atoms with E-state index in [1.165, 1.54) is 6.92 Å². The first-order chi connectivity index (χ1) is 8.20. The van der Waals surface area contributed by atoms with Crippen LogP contribution in [-0.2, 0) is 20.7 Å². The van der Waals surface area contributed by atoms with Gasteiger partial charge in [0.2, 0.25) is 0 Å². The number of hydrogen-bond acceptors (Lipinski definition) is 4. The standard InChI is InChI=1S/C12H12N2O3/c1-8(16)12(17-7-15)5-9-2-3-11-10(4-9)6-13-14-11/h2-4,6-7,12H,5H2,1H3,(H,13,14). The Morgan fingerprint density at radius 1 is 1.59 bits per heavy atom. The van der Waals surface area contributed by atoms with E-state index < -0.39 is 6.10 Å². The van der Waals surface area contributed by atoms with Crippen molar-refractivity contribution in [2.75, 3.05) is 0 Å². The Kier molecular flexibility index (Phi) is 3.18. The van der Waals surface area contributed by atoms with Gasteiger partial charge in [0.15, 0.2) is 11.9 Å². The van der Waals surface area contributed by atoms with Crippen LogP contribution in [0.1, 0.15) is 12.5 Å². The fourth-order valence-electron chi connectivity index (χ4n) is 1.69. The number of carbonyl (C=O) groups excluding carboxylic acids is 2. The molecule has 1 heterocycles. The van der Waals surface area contributed by atoms with Crippen molar-refractivity contribution in [3.63, 3.8) is 0 Å². The van der Waals surface area contributed by atoms with Gasteiger partial charge in [-0.1, -0.05) is 6.07 Å². The highest BCUT2D eigenvalue weighted by atomic mass is 16.5. The fraction of sp³-hybridized carbons (Fsp3) is 0.250. The third kappa shape index (κ3) is 2.50. The molecule has 17 heavy (non-hydrogen) atoms. The summed E-state index contributed by atoms with van der Waals surface area (Å²) in [5.41, 5.74) is 1.87. The Hall–Kier alpha value is -2.17. The second kappa shape index (κ2) is 4.78. The lowest BCUT2D eigenvalue weighted by Gasteiger charge is -2.11. The van der Waals surface area contributed by atoms with Gasteiger partial charge in [-0.15, -0.1) is 0 Å². The van der Waals surface area contributed by atoms with Gasteiger partial charge >= 0.3 is 0 Å². The van der Waals surface area contributed by atoms with Crippen molar-refractivity contribution < 1.29 is 14.3 Å². The third-order valence-electron chi connectivity index (χ3n) is 2.60. The molecule has 0 aliphatic heterocycles. The second-order valence-electron chi connectivity index (χ2n) is 3.83. The van der Waals surface area contributed by atoms with E-state index in [-0.39, 0.29) is 5.78 Å². The summed E-state index contributed by atoms with van der Waals surface area (Å²) >= 11 is 0.